The normalized spacial score (nSPS) is 13.8. The average Bonchev–Trinajstić information content (AvgIpc) is 3.08. The molecule has 2 unspecified atom stereocenters. The van der Waals surface area contributed by atoms with Crippen molar-refractivity contribution in [2.75, 3.05) is 5.75 Å². The number of hydrogen-bond acceptors (Lipinski definition) is 4. The summed E-state index contributed by atoms with van der Waals surface area (Å²) in [7, 11) is -4.35. The van der Waals surface area contributed by atoms with Crippen LogP contribution in [0.1, 0.15) is 200 Å². The molecule has 0 bridgehead atoms. The Balaban J connectivity index is 3.94. The Kier molecular flexibility index (Phi) is 35.8. The van der Waals surface area contributed by atoms with Crippen molar-refractivity contribution in [3.8, 4) is 0 Å². The molecule has 0 aromatic heterocycles. The fourth-order valence-corrected chi connectivity index (χ4v) is 6.82. The second-order valence-electron chi connectivity index (χ2n) is 14.3. The lowest BCUT2D eigenvalue weighted by atomic mass is 10.1. The largest absolute Gasteiger partial charge is 0.387 e. The van der Waals surface area contributed by atoms with Crippen LogP contribution in [0.4, 0.5) is 0 Å². The summed E-state index contributed by atoms with van der Waals surface area (Å²) in [5.74, 6) is -1.01. The van der Waals surface area contributed by atoms with Crippen LogP contribution in [0.15, 0.2) is 48.6 Å². The predicted octanol–water partition coefficient (Wildman–Crippen LogP) is 12.3. The van der Waals surface area contributed by atoms with Crippen molar-refractivity contribution in [3.63, 3.8) is 0 Å². The number of aliphatic hydroxyl groups is 1. The number of hydrogen-bond donors (Lipinski definition) is 3. The standard InChI is InChI=1S/C43H79NO5S/c1-3-5-7-9-11-13-15-17-19-20-21-22-23-24-25-27-29-31-33-35-37-39-43(46)44-41(40-50(47,48)49)42(45)38-36-34-32-30-28-26-18-16-14-12-10-8-6-4-2/h15,17,20-21,28,30,36,38,41-42,45H,3-14,16,18-19,22-27,29,31-35,37,39-40H2,1-2H3,(H,44,46)(H,47,48,49)/b17-15-,21-20-,30-28+,38-36+. The number of allylic oxidation sites excluding steroid dienone is 7. The third-order valence-electron chi connectivity index (χ3n) is 9.23. The zero-order chi connectivity index (χ0) is 36.8. The van der Waals surface area contributed by atoms with Gasteiger partial charge in [0.05, 0.1) is 17.9 Å². The van der Waals surface area contributed by atoms with Crippen LogP contribution in [-0.2, 0) is 14.9 Å². The molecule has 1 amide bonds. The van der Waals surface area contributed by atoms with E-state index in [1.165, 1.54) is 134 Å². The van der Waals surface area contributed by atoms with Crippen LogP contribution in [0.2, 0.25) is 0 Å². The maximum absolute atomic E-state index is 12.5. The molecule has 0 radical (unpaired) electrons. The zero-order valence-electron chi connectivity index (χ0n) is 32.5. The van der Waals surface area contributed by atoms with Crippen LogP contribution in [-0.4, -0.2) is 41.9 Å². The molecule has 0 aromatic rings. The third-order valence-corrected chi connectivity index (χ3v) is 10.0. The van der Waals surface area contributed by atoms with Crippen LogP contribution in [0.25, 0.3) is 0 Å². The minimum Gasteiger partial charge on any atom is -0.387 e. The molecule has 0 fully saturated rings. The Morgan fingerprint density at radius 1 is 0.540 bits per heavy atom. The lowest BCUT2D eigenvalue weighted by molar-refractivity contribution is -0.122. The Morgan fingerprint density at radius 2 is 0.920 bits per heavy atom. The number of aliphatic hydroxyl groups excluding tert-OH is 1. The summed E-state index contributed by atoms with van der Waals surface area (Å²) in [5, 5.41) is 13.2. The Hall–Kier alpha value is -1.70. The molecule has 0 aliphatic heterocycles. The SMILES string of the molecule is CCCCCCC/C=C\C/C=C\CCCCCCCCCCCC(=O)NC(CS(=O)(=O)O)C(O)/C=C/CC/C=C/CCCCCCCCCC. The van der Waals surface area contributed by atoms with Gasteiger partial charge < -0.3 is 10.4 Å². The van der Waals surface area contributed by atoms with Gasteiger partial charge in [0.2, 0.25) is 5.91 Å². The van der Waals surface area contributed by atoms with Crippen LogP contribution < -0.4 is 5.32 Å². The fraction of sp³-hybridized carbons (Fsp3) is 0.791. The van der Waals surface area contributed by atoms with E-state index in [2.05, 4.69) is 55.6 Å². The van der Waals surface area contributed by atoms with E-state index in [0.717, 1.165) is 44.9 Å². The Bertz CT molecular complexity index is 972. The van der Waals surface area contributed by atoms with Crippen molar-refractivity contribution < 1.29 is 22.9 Å². The molecule has 6 nitrogen and oxygen atoms in total. The van der Waals surface area contributed by atoms with E-state index >= 15 is 0 Å². The quantitative estimate of drug-likeness (QED) is 0.0336. The van der Waals surface area contributed by atoms with Crippen molar-refractivity contribution in [2.45, 2.75) is 212 Å². The summed E-state index contributed by atoms with van der Waals surface area (Å²) in [6, 6.07) is -1.08. The highest BCUT2D eigenvalue weighted by molar-refractivity contribution is 7.85. The molecule has 0 rings (SSSR count). The Labute approximate surface area is 309 Å². The van der Waals surface area contributed by atoms with Crippen molar-refractivity contribution in [2.24, 2.45) is 0 Å². The molecule has 50 heavy (non-hydrogen) atoms. The van der Waals surface area contributed by atoms with E-state index in [4.69, 9.17) is 0 Å². The molecular formula is C43H79NO5S. The monoisotopic (exact) mass is 722 g/mol. The van der Waals surface area contributed by atoms with E-state index in [-0.39, 0.29) is 12.3 Å². The fourth-order valence-electron chi connectivity index (χ4n) is 6.08. The van der Waals surface area contributed by atoms with Gasteiger partial charge in [0.25, 0.3) is 10.1 Å². The number of carbonyl (C=O) groups is 1. The molecule has 0 aromatic carbocycles. The van der Waals surface area contributed by atoms with Gasteiger partial charge in [-0.15, -0.1) is 0 Å². The van der Waals surface area contributed by atoms with Gasteiger partial charge in [-0.2, -0.15) is 8.42 Å². The molecule has 0 spiro atoms. The van der Waals surface area contributed by atoms with Crippen molar-refractivity contribution in [3.05, 3.63) is 48.6 Å². The van der Waals surface area contributed by atoms with Gasteiger partial charge in [-0.1, -0.05) is 178 Å². The minimum atomic E-state index is -4.35. The molecule has 0 heterocycles. The number of nitrogens with one attached hydrogen (secondary N) is 1. The summed E-state index contributed by atoms with van der Waals surface area (Å²) in [5.41, 5.74) is 0. The van der Waals surface area contributed by atoms with E-state index in [1.54, 1.807) is 0 Å². The van der Waals surface area contributed by atoms with Gasteiger partial charge in [-0.25, -0.2) is 0 Å². The number of amides is 1. The van der Waals surface area contributed by atoms with Crippen LogP contribution >= 0.6 is 0 Å². The molecule has 292 valence electrons. The molecule has 2 atom stereocenters. The van der Waals surface area contributed by atoms with Gasteiger partial charge in [-0.3, -0.25) is 9.35 Å². The summed E-state index contributed by atoms with van der Waals surface area (Å²) in [4.78, 5) is 12.5. The minimum absolute atomic E-state index is 0.282. The van der Waals surface area contributed by atoms with Crippen LogP contribution in [0.5, 0.6) is 0 Å². The molecule has 0 aliphatic rings. The second-order valence-corrected chi connectivity index (χ2v) is 15.8. The van der Waals surface area contributed by atoms with E-state index in [9.17, 15) is 22.9 Å². The van der Waals surface area contributed by atoms with E-state index in [0.29, 0.717) is 6.42 Å². The van der Waals surface area contributed by atoms with Gasteiger partial charge in [0, 0.05) is 6.42 Å². The number of carbonyl (C=O) groups excluding carboxylic acids is 1. The second kappa shape index (κ2) is 37.1. The molecule has 7 heteroatoms. The zero-order valence-corrected chi connectivity index (χ0v) is 33.3. The molecule has 0 aliphatic carbocycles. The first-order valence-electron chi connectivity index (χ1n) is 20.8. The summed E-state index contributed by atoms with van der Waals surface area (Å²) in [6.07, 6.45) is 49.5. The smallest absolute Gasteiger partial charge is 0.267 e. The van der Waals surface area contributed by atoms with Crippen molar-refractivity contribution >= 4 is 16.0 Å². The number of rotatable bonds is 37. The average molecular weight is 722 g/mol. The Morgan fingerprint density at radius 3 is 1.38 bits per heavy atom. The highest BCUT2D eigenvalue weighted by Crippen LogP contribution is 2.13. The molecule has 0 saturated heterocycles. The predicted molar refractivity (Wildman–Crippen MR) is 216 cm³/mol. The molecule has 3 N–H and O–H groups in total. The first kappa shape index (κ1) is 48.3. The van der Waals surface area contributed by atoms with Gasteiger partial charge >= 0.3 is 0 Å². The molecule has 0 saturated carbocycles. The lowest BCUT2D eigenvalue weighted by Crippen LogP contribution is -2.46. The first-order chi connectivity index (χ1) is 24.3. The molecular weight excluding hydrogens is 643 g/mol. The van der Waals surface area contributed by atoms with E-state index in [1.807, 2.05) is 6.08 Å². The maximum Gasteiger partial charge on any atom is 0.267 e. The lowest BCUT2D eigenvalue weighted by Gasteiger charge is -2.21. The first-order valence-corrected chi connectivity index (χ1v) is 22.4. The van der Waals surface area contributed by atoms with Gasteiger partial charge in [-0.05, 0) is 64.2 Å². The number of unbranched alkanes of at least 4 members (excludes halogenated alkanes) is 23. The van der Waals surface area contributed by atoms with Crippen LogP contribution in [0.3, 0.4) is 0 Å². The highest BCUT2D eigenvalue weighted by atomic mass is 32.2. The topological polar surface area (TPSA) is 104 Å². The van der Waals surface area contributed by atoms with Crippen molar-refractivity contribution in [1.82, 2.24) is 5.32 Å². The van der Waals surface area contributed by atoms with Crippen LogP contribution in [0, 0.1) is 0 Å². The van der Waals surface area contributed by atoms with Gasteiger partial charge in [0.15, 0.2) is 0 Å². The van der Waals surface area contributed by atoms with E-state index < -0.39 is 28.0 Å². The summed E-state index contributed by atoms with van der Waals surface area (Å²) < 4.78 is 32.5. The highest BCUT2D eigenvalue weighted by Gasteiger charge is 2.24. The third kappa shape index (κ3) is 37.6. The van der Waals surface area contributed by atoms with Crippen molar-refractivity contribution in [1.29, 1.82) is 0 Å². The summed E-state index contributed by atoms with van der Waals surface area (Å²) >= 11 is 0. The summed E-state index contributed by atoms with van der Waals surface area (Å²) in [6.45, 7) is 4.50. The van der Waals surface area contributed by atoms with Gasteiger partial charge in [0.1, 0.15) is 0 Å². The maximum atomic E-state index is 12.5.